The van der Waals surface area contributed by atoms with Crippen molar-refractivity contribution in [3.8, 4) is 6.07 Å². The van der Waals surface area contributed by atoms with E-state index in [0.29, 0.717) is 0 Å². The summed E-state index contributed by atoms with van der Waals surface area (Å²) in [6.45, 7) is 0. The zero-order valence-electron chi connectivity index (χ0n) is 10.4. The first-order chi connectivity index (χ1) is 9.40. The Morgan fingerprint density at radius 2 is 1.90 bits per heavy atom. The van der Waals surface area contributed by atoms with Gasteiger partial charge in [-0.3, -0.25) is 0 Å². The van der Waals surface area contributed by atoms with Crippen LogP contribution in [0.15, 0.2) is 24.3 Å². The summed E-state index contributed by atoms with van der Waals surface area (Å²) in [5.74, 6) is 0.179. The van der Waals surface area contributed by atoms with Gasteiger partial charge in [-0.25, -0.2) is 4.79 Å². The second-order valence-corrected chi connectivity index (χ2v) is 4.62. The number of amides is 2. The van der Waals surface area contributed by atoms with E-state index in [1.807, 2.05) is 6.07 Å². The van der Waals surface area contributed by atoms with E-state index < -0.39 is 23.8 Å². The molecular weight excluding hydrogens is 271 g/mol. The molecule has 1 aliphatic rings. The number of nitriles is 1. The fraction of sp³-hybridized carbons (Fsp3) is 0.385. The largest absolute Gasteiger partial charge is 0.416 e. The zero-order chi connectivity index (χ0) is 14.8. The van der Waals surface area contributed by atoms with Crippen LogP contribution in [-0.2, 0) is 6.18 Å². The molecule has 1 atom stereocenters. The van der Waals surface area contributed by atoms with Crippen molar-refractivity contribution in [2.75, 3.05) is 5.32 Å². The predicted octanol–water partition coefficient (Wildman–Crippen LogP) is 3.13. The summed E-state index contributed by atoms with van der Waals surface area (Å²) in [5, 5.41) is 13.7. The number of nitrogens with zero attached hydrogens (tertiary/aromatic N) is 1. The normalized spacial score (nSPS) is 16.1. The van der Waals surface area contributed by atoms with Gasteiger partial charge in [-0.1, -0.05) is 0 Å². The maximum atomic E-state index is 12.4. The minimum absolute atomic E-state index is 0.179. The van der Waals surface area contributed by atoms with Crippen molar-refractivity contribution >= 4 is 11.7 Å². The topological polar surface area (TPSA) is 64.9 Å². The molecule has 2 N–H and O–H groups in total. The molecule has 0 spiro atoms. The van der Waals surface area contributed by atoms with E-state index in [-0.39, 0.29) is 11.6 Å². The Morgan fingerprint density at radius 1 is 1.30 bits per heavy atom. The van der Waals surface area contributed by atoms with Gasteiger partial charge < -0.3 is 10.6 Å². The van der Waals surface area contributed by atoms with E-state index in [9.17, 15) is 18.0 Å². The van der Waals surface area contributed by atoms with Gasteiger partial charge in [0, 0.05) is 5.69 Å². The van der Waals surface area contributed by atoms with Gasteiger partial charge in [0.25, 0.3) is 0 Å². The Morgan fingerprint density at radius 3 is 2.35 bits per heavy atom. The Labute approximate surface area is 113 Å². The van der Waals surface area contributed by atoms with Crippen LogP contribution < -0.4 is 10.6 Å². The van der Waals surface area contributed by atoms with Crippen LogP contribution in [0.2, 0.25) is 0 Å². The van der Waals surface area contributed by atoms with Gasteiger partial charge in [-0.05, 0) is 43.0 Å². The summed E-state index contributed by atoms with van der Waals surface area (Å²) in [4.78, 5) is 11.6. The number of carbonyl (C=O) groups is 1. The third-order valence-electron chi connectivity index (χ3n) is 2.99. The first kappa shape index (κ1) is 14.2. The molecule has 0 aromatic heterocycles. The molecule has 7 heteroatoms. The molecule has 1 aromatic rings. The number of halogens is 3. The van der Waals surface area contributed by atoms with E-state index in [1.54, 1.807) is 0 Å². The molecule has 0 radical (unpaired) electrons. The second-order valence-electron chi connectivity index (χ2n) is 4.62. The maximum Gasteiger partial charge on any atom is 0.416 e. The lowest BCUT2D eigenvalue weighted by Gasteiger charge is -2.12. The van der Waals surface area contributed by atoms with Crippen LogP contribution in [0.4, 0.5) is 23.7 Å². The molecule has 1 unspecified atom stereocenters. The Kier molecular flexibility index (Phi) is 3.84. The van der Waals surface area contributed by atoms with E-state index in [1.165, 1.54) is 12.1 Å². The van der Waals surface area contributed by atoms with Gasteiger partial charge in [0.1, 0.15) is 6.04 Å². The zero-order valence-corrected chi connectivity index (χ0v) is 10.4. The number of rotatable bonds is 3. The smallest absolute Gasteiger partial charge is 0.322 e. The van der Waals surface area contributed by atoms with Crippen LogP contribution >= 0.6 is 0 Å². The summed E-state index contributed by atoms with van der Waals surface area (Å²) in [6, 6.07) is 4.95. The lowest BCUT2D eigenvalue weighted by atomic mass is 10.2. The monoisotopic (exact) mass is 283 g/mol. The van der Waals surface area contributed by atoms with Gasteiger partial charge in [-0.2, -0.15) is 18.4 Å². The van der Waals surface area contributed by atoms with Crippen molar-refractivity contribution < 1.29 is 18.0 Å². The minimum Gasteiger partial charge on any atom is -0.322 e. The Bertz CT molecular complexity index is 529. The second kappa shape index (κ2) is 5.41. The number of hydrogen-bond acceptors (Lipinski definition) is 2. The summed E-state index contributed by atoms with van der Waals surface area (Å²) in [7, 11) is 0. The van der Waals surface area contributed by atoms with E-state index in [0.717, 1.165) is 25.0 Å². The fourth-order valence-electron chi connectivity index (χ4n) is 1.74. The van der Waals surface area contributed by atoms with Crippen molar-refractivity contribution in [3.05, 3.63) is 29.8 Å². The number of nitrogens with one attached hydrogen (secondary N) is 2. The average Bonchev–Trinajstić information content (AvgIpc) is 3.19. The number of anilines is 1. The molecule has 0 aliphatic heterocycles. The lowest BCUT2D eigenvalue weighted by molar-refractivity contribution is -0.137. The van der Waals surface area contributed by atoms with Crippen molar-refractivity contribution in [2.45, 2.75) is 25.1 Å². The van der Waals surface area contributed by atoms with Crippen LogP contribution in [0.5, 0.6) is 0 Å². The van der Waals surface area contributed by atoms with Crippen molar-refractivity contribution in [1.29, 1.82) is 5.26 Å². The fourth-order valence-corrected chi connectivity index (χ4v) is 1.74. The molecule has 106 valence electrons. The molecule has 1 saturated carbocycles. The van der Waals surface area contributed by atoms with Gasteiger partial charge >= 0.3 is 12.2 Å². The third-order valence-corrected chi connectivity index (χ3v) is 2.99. The number of alkyl halides is 3. The van der Waals surface area contributed by atoms with E-state index in [4.69, 9.17) is 5.26 Å². The first-order valence-corrected chi connectivity index (χ1v) is 6.04. The Balaban J connectivity index is 1.93. The van der Waals surface area contributed by atoms with Crippen LogP contribution in [0.25, 0.3) is 0 Å². The average molecular weight is 283 g/mol. The first-order valence-electron chi connectivity index (χ1n) is 6.04. The predicted molar refractivity (Wildman–Crippen MR) is 65.7 cm³/mol. The van der Waals surface area contributed by atoms with Gasteiger partial charge in [0.15, 0.2) is 0 Å². The molecule has 0 heterocycles. The van der Waals surface area contributed by atoms with Crippen molar-refractivity contribution in [1.82, 2.24) is 5.32 Å². The van der Waals surface area contributed by atoms with Gasteiger partial charge in [-0.15, -0.1) is 0 Å². The molecule has 1 aromatic carbocycles. The van der Waals surface area contributed by atoms with Gasteiger partial charge in [0.05, 0.1) is 11.6 Å². The van der Waals surface area contributed by atoms with Crippen molar-refractivity contribution in [3.63, 3.8) is 0 Å². The molecule has 4 nitrogen and oxygen atoms in total. The SMILES string of the molecule is N#CC(NC(=O)Nc1ccc(C(F)(F)F)cc1)C1CC1. The summed E-state index contributed by atoms with van der Waals surface area (Å²) < 4.78 is 37.1. The highest BCUT2D eigenvalue weighted by atomic mass is 19.4. The summed E-state index contributed by atoms with van der Waals surface area (Å²) >= 11 is 0. The molecule has 2 rings (SSSR count). The highest BCUT2D eigenvalue weighted by molar-refractivity contribution is 5.89. The number of carbonyl (C=O) groups excluding carboxylic acids is 1. The molecule has 20 heavy (non-hydrogen) atoms. The van der Waals surface area contributed by atoms with Crippen LogP contribution in [0.3, 0.4) is 0 Å². The van der Waals surface area contributed by atoms with Crippen molar-refractivity contribution in [2.24, 2.45) is 5.92 Å². The highest BCUT2D eigenvalue weighted by Crippen LogP contribution is 2.32. The maximum absolute atomic E-state index is 12.4. The van der Waals surface area contributed by atoms with E-state index in [2.05, 4.69) is 10.6 Å². The molecular formula is C13H12F3N3O. The standard InChI is InChI=1S/C13H12F3N3O/c14-13(15,16)9-3-5-10(6-4-9)18-12(20)19-11(7-17)8-1-2-8/h3-6,8,11H,1-2H2,(H2,18,19,20). The summed E-state index contributed by atoms with van der Waals surface area (Å²) in [5.41, 5.74) is -0.542. The van der Waals surface area contributed by atoms with Crippen LogP contribution in [0.1, 0.15) is 18.4 Å². The molecule has 1 fully saturated rings. The molecule has 1 aliphatic carbocycles. The third kappa shape index (κ3) is 3.63. The van der Waals surface area contributed by atoms with Crippen LogP contribution in [-0.4, -0.2) is 12.1 Å². The molecule has 0 bridgehead atoms. The quantitative estimate of drug-likeness (QED) is 0.895. The highest BCUT2D eigenvalue weighted by Gasteiger charge is 2.32. The minimum atomic E-state index is -4.40. The number of benzene rings is 1. The number of hydrogen-bond donors (Lipinski definition) is 2. The summed E-state index contributed by atoms with van der Waals surface area (Å²) in [6.07, 6.45) is -2.60. The Hall–Kier alpha value is -2.23. The lowest BCUT2D eigenvalue weighted by Crippen LogP contribution is -2.38. The molecule has 2 amide bonds. The van der Waals surface area contributed by atoms with E-state index >= 15 is 0 Å². The van der Waals surface area contributed by atoms with Crippen LogP contribution in [0, 0.1) is 17.2 Å². The molecule has 0 saturated heterocycles. The van der Waals surface area contributed by atoms with Gasteiger partial charge in [0.2, 0.25) is 0 Å². The number of urea groups is 1.